The van der Waals surface area contributed by atoms with Gasteiger partial charge >= 0.3 is 0 Å². The van der Waals surface area contributed by atoms with E-state index in [0.29, 0.717) is 5.92 Å². The molecular weight excluding hydrogens is 255 g/mol. The fraction of sp³-hybridized carbons (Fsp3) is 0.588. The first-order valence-electron chi connectivity index (χ1n) is 7.30. The predicted octanol–water partition coefficient (Wildman–Crippen LogP) is 3.84. The zero-order valence-electron chi connectivity index (χ0n) is 12.5. The zero-order chi connectivity index (χ0) is 14.8. The molecule has 1 aromatic carbocycles. The number of hydrogen-bond donors (Lipinski definition) is 0. The van der Waals surface area contributed by atoms with Crippen LogP contribution in [-0.2, 0) is 16.0 Å². The van der Waals surface area contributed by atoms with Crippen molar-refractivity contribution in [3.05, 3.63) is 35.1 Å². The van der Waals surface area contributed by atoms with Gasteiger partial charge in [0.25, 0.3) is 0 Å². The van der Waals surface area contributed by atoms with E-state index in [1.165, 1.54) is 12.1 Å². The van der Waals surface area contributed by atoms with Crippen molar-refractivity contribution in [2.75, 3.05) is 7.11 Å². The number of aryl methyl sites for hydroxylation is 1. The number of hydrogen-bond acceptors (Lipinski definition) is 2. The molecule has 0 saturated heterocycles. The minimum atomic E-state index is -0.670. The van der Waals surface area contributed by atoms with Gasteiger partial charge in [-0.15, -0.1) is 0 Å². The van der Waals surface area contributed by atoms with E-state index < -0.39 is 5.60 Å². The Morgan fingerprint density at radius 3 is 2.90 bits per heavy atom. The molecule has 1 fully saturated rings. The van der Waals surface area contributed by atoms with Gasteiger partial charge in [0.05, 0.1) is 0 Å². The summed E-state index contributed by atoms with van der Waals surface area (Å²) >= 11 is 0. The fourth-order valence-electron chi connectivity index (χ4n) is 3.22. The van der Waals surface area contributed by atoms with Crippen LogP contribution in [0.25, 0.3) is 0 Å². The summed E-state index contributed by atoms with van der Waals surface area (Å²) in [6.07, 6.45) is 3.97. The number of methoxy groups -OCH3 is 1. The van der Waals surface area contributed by atoms with E-state index in [0.717, 1.165) is 36.8 Å². The first-order chi connectivity index (χ1) is 9.47. The standard InChI is InChI=1S/C17H23FO2/c1-12-5-4-8-17(11-12,20-3)16(19)10-14-9-15(18)7-6-13(14)2/h6-7,9,12H,4-5,8,10-11H2,1-3H3. The van der Waals surface area contributed by atoms with Crippen LogP contribution in [0.1, 0.15) is 43.7 Å². The van der Waals surface area contributed by atoms with Crippen LogP contribution in [0.15, 0.2) is 18.2 Å². The van der Waals surface area contributed by atoms with Crippen LogP contribution in [0.2, 0.25) is 0 Å². The van der Waals surface area contributed by atoms with Crippen LogP contribution >= 0.6 is 0 Å². The molecule has 0 aromatic heterocycles. The quantitative estimate of drug-likeness (QED) is 0.836. The first-order valence-corrected chi connectivity index (χ1v) is 7.30. The van der Waals surface area contributed by atoms with Gasteiger partial charge in [0.2, 0.25) is 0 Å². The van der Waals surface area contributed by atoms with Crippen LogP contribution in [0, 0.1) is 18.7 Å². The molecular formula is C17H23FO2. The van der Waals surface area contributed by atoms with Crippen LogP contribution in [0.4, 0.5) is 4.39 Å². The van der Waals surface area contributed by atoms with Gasteiger partial charge in [-0.3, -0.25) is 4.79 Å². The molecule has 0 heterocycles. The van der Waals surface area contributed by atoms with E-state index in [9.17, 15) is 9.18 Å². The van der Waals surface area contributed by atoms with Crippen molar-refractivity contribution in [2.24, 2.45) is 5.92 Å². The number of carbonyl (C=O) groups is 1. The maximum absolute atomic E-state index is 13.3. The molecule has 1 saturated carbocycles. The third-order valence-corrected chi connectivity index (χ3v) is 4.52. The van der Waals surface area contributed by atoms with Crippen LogP contribution < -0.4 is 0 Å². The van der Waals surface area contributed by atoms with Crippen molar-refractivity contribution >= 4 is 5.78 Å². The van der Waals surface area contributed by atoms with Gasteiger partial charge in [0.15, 0.2) is 5.78 Å². The van der Waals surface area contributed by atoms with E-state index >= 15 is 0 Å². The fourth-order valence-corrected chi connectivity index (χ4v) is 3.22. The Hall–Kier alpha value is -1.22. The molecule has 110 valence electrons. The summed E-state index contributed by atoms with van der Waals surface area (Å²) in [4.78, 5) is 12.7. The van der Waals surface area contributed by atoms with Crippen LogP contribution in [-0.4, -0.2) is 18.5 Å². The molecule has 2 atom stereocenters. The Kier molecular flexibility index (Phi) is 4.59. The predicted molar refractivity (Wildman–Crippen MR) is 77.2 cm³/mol. The highest BCUT2D eigenvalue weighted by Gasteiger charge is 2.41. The summed E-state index contributed by atoms with van der Waals surface area (Å²) < 4.78 is 18.9. The number of benzene rings is 1. The van der Waals surface area contributed by atoms with Gasteiger partial charge in [0, 0.05) is 13.5 Å². The topological polar surface area (TPSA) is 26.3 Å². The molecule has 0 spiro atoms. The Morgan fingerprint density at radius 1 is 1.50 bits per heavy atom. The summed E-state index contributed by atoms with van der Waals surface area (Å²) in [6.45, 7) is 4.07. The highest BCUT2D eigenvalue weighted by atomic mass is 19.1. The molecule has 0 amide bonds. The highest BCUT2D eigenvalue weighted by Crippen LogP contribution is 2.36. The van der Waals surface area contributed by atoms with Gasteiger partial charge in [-0.05, 0) is 55.4 Å². The lowest BCUT2D eigenvalue weighted by atomic mass is 9.75. The second-order valence-corrected chi connectivity index (χ2v) is 6.07. The van der Waals surface area contributed by atoms with Crippen LogP contribution in [0.3, 0.4) is 0 Å². The van der Waals surface area contributed by atoms with Crippen molar-refractivity contribution in [3.8, 4) is 0 Å². The monoisotopic (exact) mass is 278 g/mol. The van der Waals surface area contributed by atoms with Crippen molar-refractivity contribution in [1.29, 1.82) is 0 Å². The van der Waals surface area contributed by atoms with Crippen LogP contribution in [0.5, 0.6) is 0 Å². The normalized spacial score (nSPS) is 26.5. The van der Waals surface area contributed by atoms with Gasteiger partial charge in [-0.25, -0.2) is 4.39 Å². The molecule has 1 aliphatic carbocycles. The Balaban J connectivity index is 2.19. The average molecular weight is 278 g/mol. The van der Waals surface area contributed by atoms with E-state index in [2.05, 4.69) is 6.92 Å². The number of ether oxygens (including phenoxy) is 1. The third-order valence-electron chi connectivity index (χ3n) is 4.52. The minimum Gasteiger partial charge on any atom is -0.370 e. The number of Topliss-reactive ketones (excluding diaryl/α,β-unsaturated/α-hetero) is 1. The summed E-state index contributed by atoms with van der Waals surface area (Å²) in [6, 6.07) is 4.61. The summed E-state index contributed by atoms with van der Waals surface area (Å²) in [7, 11) is 1.62. The maximum Gasteiger partial charge on any atom is 0.168 e. The van der Waals surface area contributed by atoms with Gasteiger partial charge < -0.3 is 4.74 Å². The second-order valence-electron chi connectivity index (χ2n) is 6.07. The third kappa shape index (κ3) is 3.09. The SMILES string of the molecule is COC1(C(=O)Cc2cc(F)ccc2C)CCCC(C)C1. The molecule has 20 heavy (non-hydrogen) atoms. The Labute approximate surface area is 120 Å². The number of carbonyl (C=O) groups excluding carboxylic acids is 1. The zero-order valence-corrected chi connectivity index (χ0v) is 12.5. The largest absolute Gasteiger partial charge is 0.370 e. The first kappa shape index (κ1) is 15.2. The number of halogens is 1. The van der Waals surface area contributed by atoms with E-state index in [1.54, 1.807) is 13.2 Å². The number of ketones is 1. The van der Waals surface area contributed by atoms with Crippen molar-refractivity contribution in [1.82, 2.24) is 0 Å². The molecule has 0 radical (unpaired) electrons. The van der Waals surface area contributed by atoms with Crippen molar-refractivity contribution in [2.45, 2.75) is 51.6 Å². The summed E-state index contributed by atoms with van der Waals surface area (Å²) in [5, 5.41) is 0. The summed E-state index contributed by atoms with van der Waals surface area (Å²) in [5.41, 5.74) is 1.05. The smallest absolute Gasteiger partial charge is 0.168 e. The molecule has 1 aromatic rings. The minimum absolute atomic E-state index is 0.0836. The Morgan fingerprint density at radius 2 is 2.25 bits per heavy atom. The molecule has 2 rings (SSSR count). The lowest BCUT2D eigenvalue weighted by molar-refractivity contribution is -0.146. The maximum atomic E-state index is 13.3. The molecule has 0 bridgehead atoms. The van der Waals surface area contributed by atoms with Crippen molar-refractivity contribution in [3.63, 3.8) is 0 Å². The average Bonchev–Trinajstić information content (AvgIpc) is 2.42. The Bertz CT molecular complexity index is 498. The van der Waals surface area contributed by atoms with Gasteiger partial charge in [0.1, 0.15) is 11.4 Å². The summed E-state index contributed by atoms with van der Waals surface area (Å²) in [5.74, 6) is 0.295. The van der Waals surface area contributed by atoms with E-state index in [4.69, 9.17) is 4.74 Å². The molecule has 0 N–H and O–H groups in total. The highest BCUT2D eigenvalue weighted by molar-refractivity contribution is 5.89. The molecule has 1 aliphatic rings. The second kappa shape index (κ2) is 6.04. The molecule has 3 heteroatoms. The van der Waals surface area contributed by atoms with Crippen molar-refractivity contribution < 1.29 is 13.9 Å². The lowest BCUT2D eigenvalue weighted by Crippen LogP contribution is -2.45. The van der Waals surface area contributed by atoms with E-state index in [1.807, 2.05) is 6.92 Å². The van der Waals surface area contributed by atoms with Gasteiger partial charge in [-0.2, -0.15) is 0 Å². The van der Waals surface area contributed by atoms with Gasteiger partial charge in [-0.1, -0.05) is 19.4 Å². The molecule has 2 nitrogen and oxygen atoms in total. The molecule has 2 unspecified atom stereocenters. The lowest BCUT2D eigenvalue weighted by Gasteiger charge is -2.37. The van der Waals surface area contributed by atoms with E-state index in [-0.39, 0.29) is 18.0 Å². The number of rotatable bonds is 4. The molecule has 0 aliphatic heterocycles.